The molecule has 3 aromatic rings. The molecular formula is C14H7ClF3N3O2. The molecule has 5 nitrogen and oxygen atoms in total. The van der Waals surface area contributed by atoms with Crippen LogP contribution in [0, 0.1) is 0 Å². The maximum atomic E-state index is 12.8. The SMILES string of the molecule is C=Cc1nc(-c2ccc(Cl)c3[nH]c(=O)oc23)cnc1C(F)(F)F. The van der Waals surface area contributed by atoms with Crippen LogP contribution in [0.2, 0.25) is 5.02 Å². The summed E-state index contributed by atoms with van der Waals surface area (Å²) in [7, 11) is 0. The van der Waals surface area contributed by atoms with Crippen LogP contribution in [-0.4, -0.2) is 15.0 Å². The van der Waals surface area contributed by atoms with Gasteiger partial charge in [-0.15, -0.1) is 0 Å². The van der Waals surface area contributed by atoms with Crippen LogP contribution >= 0.6 is 11.6 Å². The Balaban J connectivity index is 2.26. The van der Waals surface area contributed by atoms with Crippen molar-refractivity contribution in [1.29, 1.82) is 0 Å². The molecule has 118 valence electrons. The van der Waals surface area contributed by atoms with E-state index in [2.05, 4.69) is 21.5 Å². The number of aromatic amines is 1. The maximum Gasteiger partial charge on any atom is 0.435 e. The number of aromatic nitrogens is 3. The molecule has 2 heterocycles. The van der Waals surface area contributed by atoms with E-state index in [1.165, 1.54) is 12.1 Å². The summed E-state index contributed by atoms with van der Waals surface area (Å²) in [4.78, 5) is 21.1. The van der Waals surface area contributed by atoms with E-state index in [-0.39, 0.29) is 27.4 Å². The molecule has 9 heteroatoms. The van der Waals surface area contributed by atoms with Crippen LogP contribution in [0.15, 0.2) is 34.1 Å². The molecule has 3 rings (SSSR count). The number of alkyl halides is 3. The van der Waals surface area contributed by atoms with Crippen LogP contribution in [0.5, 0.6) is 0 Å². The molecule has 0 atom stereocenters. The molecule has 0 saturated carbocycles. The number of benzene rings is 1. The molecule has 0 spiro atoms. The van der Waals surface area contributed by atoms with Crippen molar-refractivity contribution in [3.05, 3.63) is 51.9 Å². The number of H-pyrrole nitrogens is 1. The third-order valence-electron chi connectivity index (χ3n) is 3.07. The summed E-state index contributed by atoms with van der Waals surface area (Å²) in [6.07, 6.45) is -2.74. The number of hydrogen-bond acceptors (Lipinski definition) is 4. The Morgan fingerprint density at radius 1 is 1.35 bits per heavy atom. The second kappa shape index (κ2) is 5.24. The first kappa shape index (κ1) is 15.3. The van der Waals surface area contributed by atoms with Gasteiger partial charge in [0.1, 0.15) is 5.52 Å². The predicted octanol–water partition coefficient (Wildman–Crippen LogP) is 3.89. The molecular weight excluding hydrogens is 335 g/mol. The Morgan fingerprint density at radius 3 is 2.74 bits per heavy atom. The molecule has 0 radical (unpaired) electrons. The highest BCUT2D eigenvalue weighted by atomic mass is 35.5. The third-order valence-corrected chi connectivity index (χ3v) is 3.38. The van der Waals surface area contributed by atoms with Crippen molar-refractivity contribution in [2.75, 3.05) is 0 Å². The third kappa shape index (κ3) is 2.61. The van der Waals surface area contributed by atoms with Crippen molar-refractivity contribution in [2.45, 2.75) is 6.18 Å². The van der Waals surface area contributed by atoms with Gasteiger partial charge in [0, 0.05) is 5.56 Å². The second-order valence-electron chi connectivity index (χ2n) is 4.50. The molecule has 0 aliphatic rings. The first-order valence-corrected chi connectivity index (χ1v) is 6.57. The minimum atomic E-state index is -4.65. The number of oxazole rings is 1. The summed E-state index contributed by atoms with van der Waals surface area (Å²) in [6, 6.07) is 2.95. The molecule has 0 bridgehead atoms. The van der Waals surface area contributed by atoms with Crippen molar-refractivity contribution in [1.82, 2.24) is 15.0 Å². The van der Waals surface area contributed by atoms with Crippen LogP contribution in [0.25, 0.3) is 28.4 Å². The first-order valence-electron chi connectivity index (χ1n) is 6.19. The number of halogens is 4. The quantitative estimate of drug-likeness (QED) is 0.767. The van der Waals surface area contributed by atoms with E-state index in [0.717, 1.165) is 12.3 Å². The Kier molecular flexibility index (Phi) is 3.48. The van der Waals surface area contributed by atoms with Gasteiger partial charge in [0.15, 0.2) is 11.3 Å². The van der Waals surface area contributed by atoms with Crippen molar-refractivity contribution in [3.63, 3.8) is 0 Å². The molecule has 0 amide bonds. The summed E-state index contributed by atoms with van der Waals surface area (Å²) < 4.78 is 43.5. The smallest absolute Gasteiger partial charge is 0.407 e. The fourth-order valence-corrected chi connectivity index (χ4v) is 2.29. The van der Waals surface area contributed by atoms with Gasteiger partial charge >= 0.3 is 11.9 Å². The fraction of sp³-hybridized carbons (Fsp3) is 0.0714. The van der Waals surface area contributed by atoms with Crippen LogP contribution in [0.1, 0.15) is 11.4 Å². The lowest BCUT2D eigenvalue weighted by Crippen LogP contribution is -2.12. The van der Waals surface area contributed by atoms with Gasteiger partial charge in [-0.05, 0) is 18.2 Å². The van der Waals surface area contributed by atoms with Crippen LogP contribution in [-0.2, 0) is 6.18 Å². The lowest BCUT2D eigenvalue weighted by Gasteiger charge is -2.10. The molecule has 2 aromatic heterocycles. The highest BCUT2D eigenvalue weighted by Gasteiger charge is 2.35. The van der Waals surface area contributed by atoms with E-state index < -0.39 is 23.3 Å². The van der Waals surface area contributed by atoms with Crippen LogP contribution < -0.4 is 5.76 Å². The number of hydrogen-bond donors (Lipinski definition) is 1. The Bertz CT molecular complexity index is 976. The first-order chi connectivity index (χ1) is 10.8. The van der Waals surface area contributed by atoms with Crippen molar-refractivity contribution in [2.24, 2.45) is 0 Å². The van der Waals surface area contributed by atoms with Gasteiger partial charge in [0.05, 0.1) is 22.6 Å². The summed E-state index contributed by atoms with van der Waals surface area (Å²) >= 11 is 5.94. The Labute approximate surface area is 131 Å². The van der Waals surface area contributed by atoms with E-state index in [4.69, 9.17) is 16.0 Å². The fourth-order valence-electron chi connectivity index (χ4n) is 2.10. The topological polar surface area (TPSA) is 71.8 Å². The predicted molar refractivity (Wildman–Crippen MR) is 78.0 cm³/mol. The monoisotopic (exact) mass is 341 g/mol. The normalized spacial score (nSPS) is 11.8. The lowest BCUT2D eigenvalue weighted by molar-refractivity contribution is -0.141. The molecule has 0 unspecified atom stereocenters. The minimum Gasteiger partial charge on any atom is -0.407 e. The van der Waals surface area contributed by atoms with Gasteiger partial charge in [0.25, 0.3) is 0 Å². The largest absolute Gasteiger partial charge is 0.435 e. The van der Waals surface area contributed by atoms with Crippen LogP contribution in [0.3, 0.4) is 0 Å². The average Bonchev–Trinajstić information content (AvgIpc) is 2.88. The number of nitrogens with one attached hydrogen (secondary N) is 1. The lowest BCUT2D eigenvalue weighted by atomic mass is 10.1. The van der Waals surface area contributed by atoms with E-state index >= 15 is 0 Å². The molecule has 23 heavy (non-hydrogen) atoms. The zero-order chi connectivity index (χ0) is 16.8. The van der Waals surface area contributed by atoms with Crippen molar-refractivity contribution in [3.8, 4) is 11.3 Å². The number of fused-ring (bicyclic) bond motifs is 1. The summed E-state index contributed by atoms with van der Waals surface area (Å²) in [5.74, 6) is -0.738. The van der Waals surface area contributed by atoms with Gasteiger partial charge < -0.3 is 4.42 Å². The Morgan fingerprint density at radius 2 is 2.09 bits per heavy atom. The van der Waals surface area contributed by atoms with Gasteiger partial charge in [0.2, 0.25) is 0 Å². The minimum absolute atomic E-state index is 0.0894. The number of nitrogens with zero attached hydrogens (tertiary/aromatic N) is 2. The molecule has 1 N–H and O–H groups in total. The zero-order valence-electron chi connectivity index (χ0n) is 11.2. The molecule has 1 aromatic carbocycles. The molecule has 0 saturated heterocycles. The summed E-state index contributed by atoms with van der Waals surface area (Å²) in [5.41, 5.74) is -0.861. The van der Waals surface area contributed by atoms with Crippen molar-refractivity contribution < 1.29 is 17.6 Å². The van der Waals surface area contributed by atoms with E-state index in [1.54, 1.807) is 0 Å². The highest BCUT2D eigenvalue weighted by molar-refractivity contribution is 6.35. The van der Waals surface area contributed by atoms with E-state index in [0.29, 0.717) is 0 Å². The molecule has 0 aliphatic heterocycles. The maximum absolute atomic E-state index is 12.8. The van der Waals surface area contributed by atoms with Gasteiger partial charge in [-0.25, -0.2) is 14.8 Å². The van der Waals surface area contributed by atoms with Gasteiger partial charge in [-0.1, -0.05) is 18.2 Å². The van der Waals surface area contributed by atoms with Crippen LogP contribution in [0.4, 0.5) is 13.2 Å². The number of rotatable bonds is 2. The van der Waals surface area contributed by atoms with Crippen molar-refractivity contribution >= 4 is 28.8 Å². The summed E-state index contributed by atoms with van der Waals surface area (Å²) in [5, 5.41) is 0.235. The van der Waals surface area contributed by atoms with E-state index in [1.807, 2.05) is 0 Å². The van der Waals surface area contributed by atoms with Gasteiger partial charge in [-0.3, -0.25) is 4.98 Å². The average molecular weight is 342 g/mol. The highest BCUT2D eigenvalue weighted by Crippen LogP contribution is 2.34. The molecule has 0 fully saturated rings. The standard InChI is InChI=1S/C14H7ClF3N3O2/c1-2-8-12(14(16,17)18)19-5-9(20-8)6-3-4-7(15)10-11(6)23-13(22)21-10/h2-5H,1H2,(H,21,22). The van der Waals surface area contributed by atoms with E-state index in [9.17, 15) is 18.0 Å². The Hall–Kier alpha value is -2.61. The van der Waals surface area contributed by atoms with Gasteiger partial charge in [-0.2, -0.15) is 13.2 Å². The second-order valence-corrected chi connectivity index (χ2v) is 4.91. The summed E-state index contributed by atoms with van der Waals surface area (Å²) in [6.45, 7) is 3.32. The zero-order valence-corrected chi connectivity index (χ0v) is 12.0. The molecule has 0 aliphatic carbocycles.